The summed E-state index contributed by atoms with van der Waals surface area (Å²) in [4.78, 5) is 14.2. The van der Waals surface area contributed by atoms with Crippen LogP contribution in [0.15, 0.2) is 30.3 Å². The molecule has 0 heterocycles. The van der Waals surface area contributed by atoms with Gasteiger partial charge in [-0.05, 0) is 26.6 Å². The molecule has 0 saturated carbocycles. The molecule has 2 unspecified atom stereocenters. The molecule has 1 rings (SSSR count). The molecular formula is C14H23N3O. The summed E-state index contributed by atoms with van der Waals surface area (Å²) >= 11 is 0. The van der Waals surface area contributed by atoms with Gasteiger partial charge in [-0.3, -0.25) is 4.79 Å². The van der Waals surface area contributed by atoms with E-state index in [1.54, 1.807) is 0 Å². The van der Waals surface area contributed by atoms with Gasteiger partial charge in [-0.2, -0.15) is 0 Å². The first kappa shape index (κ1) is 14.7. The van der Waals surface area contributed by atoms with Crippen LogP contribution in [-0.4, -0.2) is 44.0 Å². The number of rotatable bonds is 6. The largest absolute Gasteiger partial charge is 0.354 e. The lowest BCUT2D eigenvalue weighted by molar-refractivity contribution is -0.122. The van der Waals surface area contributed by atoms with Crippen LogP contribution in [0.3, 0.4) is 0 Å². The zero-order valence-electron chi connectivity index (χ0n) is 11.4. The quantitative estimate of drug-likeness (QED) is 0.784. The van der Waals surface area contributed by atoms with E-state index in [2.05, 4.69) is 17.1 Å². The van der Waals surface area contributed by atoms with E-state index >= 15 is 0 Å². The fraction of sp³-hybridized carbons (Fsp3) is 0.500. The van der Waals surface area contributed by atoms with Crippen LogP contribution < -0.4 is 11.1 Å². The van der Waals surface area contributed by atoms with Gasteiger partial charge in [-0.1, -0.05) is 30.3 Å². The van der Waals surface area contributed by atoms with Crippen molar-refractivity contribution in [3.05, 3.63) is 35.9 Å². The van der Waals surface area contributed by atoms with E-state index in [0.717, 1.165) is 5.56 Å². The summed E-state index contributed by atoms with van der Waals surface area (Å²) < 4.78 is 0. The van der Waals surface area contributed by atoms with Crippen molar-refractivity contribution in [1.82, 2.24) is 10.2 Å². The molecule has 0 saturated heterocycles. The first-order valence-corrected chi connectivity index (χ1v) is 6.25. The molecule has 0 fully saturated rings. The standard InChI is InChI=1S/C14H23N3O/c1-11(17(2)3)10-16-14(18)13(9-15)12-7-5-4-6-8-12/h4-8,11,13H,9-10,15H2,1-3H3,(H,16,18). The van der Waals surface area contributed by atoms with Gasteiger partial charge >= 0.3 is 0 Å². The number of hydrogen-bond acceptors (Lipinski definition) is 3. The molecule has 0 aliphatic carbocycles. The molecule has 1 aromatic carbocycles. The normalized spacial score (nSPS) is 14.3. The third-order valence-corrected chi connectivity index (χ3v) is 3.21. The Hall–Kier alpha value is -1.39. The van der Waals surface area contributed by atoms with Crippen LogP contribution in [0.4, 0.5) is 0 Å². The van der Waals surface area contributed by atoms with E-state index in [-0.39, 0.29) is 11.8 Å². The number of benzene rings is 1. The summed E-state index contributed by atoms with van der Waals surface area (Å²) in [6.45, 7) is 3.03. The lowest BCUT2D eigenvalue weighted by Gasteiger charge is -2.22. The molecule has 100 valence electrons. The molecule has 1 aromatic rings. The summed E-state index contributed by atoms with van der Waals surface area (Å²) in [5.41, 5.74) is 6.67. The number of nitrogens with one attached hydrogen (secondary N) is 1. The smallest absolute Gasteiger partial charge is 0.228 e. The summed E-state index contributed by atoms with van der Waals surface area (Å²) in [7, 11) is 3.99. The molecule has 3 N–H and O–H groups in total. The third kappa shape index (κ3) is 4.13. The van der Waals surface area contributed by atoms with E-state index < -0.39 is 0 Å². The Bertz CT molecular complexity index is 365. The predicted molar refractivity (Wildman–Crippen MR) is 74.4 cm³/mol. The van der Waals surface area contributed by atoms with Gasteiger partial charge in [0.15, 0.2) is 0 Å². The molecule has 18 heavy (non-hydrogen) atoms. The highest BCUT2D eigenvalue weighted by Gasteiger charge is 2.19. The number of nitrogens with two attached hydrogens (primary N) is 1. The van der Waals surface area contributed by atoms with Crippen molar-refractivity contribution < 1.29 is 4.79 Å². The molecule has 4 heteroatoms. The van der Waals surface area contributed by atoms with Gasteiger partial charge in [0.25, 0.3) is 0 Å². The van der Waals surface area contributed by atoms with E-state index in [9.17, 15) is 4.79 Å². The van der Waals surface area contributed by atoms with Crippen molar-refractivity contribution in [3.8, 4) is 0 Å². The van der Waals surface area contributed by atoms with Gasteiger partial charge in [0.1, 0.15) is 0 Å². The average Bonchev–Trinajstić information content (AvgIpc) is 2.38. The Morgan fingerprint density at radius 3 is 2.44 bits per heavy atom. The molecule has 0 spiro atoms. The van der Waals surface area contributed by atoms with Crippen molar-refractivity contribution >= 4 is 5.91 Å². The second-order valence-corrected chi connectivity index (χ2v) is 4.76. The highest BCUT2D eigenvalue weighted by atomic mass is 16.1. The number of hydrogen-bond donors (Lipinski definition) is 2. The third-order valence-electron chi connectivity index (χ3n) is 3.21. The van der Waals surface area contributed by atoms with Crippen LogP contribution in [-0.2, 0) is 4.79 Å². The van der Waals surface area contributed by atoms with Crippen LogP contribution in [0, 0.1) is 0 Å². The maximum Gasteiger partial charge on any atom is 0.228 e. The Morgan fingerprint density at radius 2 is 1.94 bits per heavy atom. The molecule has 0 aliphatic rings. The van der Waals surface area contributed by atoms with Gasteiger partial charge < -0.3 is 16.0 Å². The fourth-order valence-electron chi connectivity index (χ4n) is 1.63. The van der Waals surface area contributed by atoms with E-state index in [4.69, 9.17) is 5.73 Å². The SMILES string of the molecule is CC(CNC(=O)C(CN)c1ccccc1)N(C)C. The number of nitrogens with zero attached hydrogens (tertiary/aromatic N) is 1. The molecule has 0 aliphatic heterocycles. The van der Waals surface area contributed by atoms with Crippen LogP contribution in [0.25, 0.3) is 0 Å². The number of carbonyl (C=O) groups is 1. The zero-order chi connectivity index (χ0) is 13.5. The lowest BCUT2D eigenvalue weighted by Crippen LogP contribution is -2.41. The van der Waals surface area contributed by atoms with Crippen molar-refractivity contribution in [2.75, 3.05) is 27.2 Å². The van der Waals surface area contributed by atoms with Crippen molar-refractivity contribution in [2.45, 2.75) is 18.9 Å². The highest BCUT2D eigenvalue weighted by Crippen LogP contribution is 2.14. The van der Waals surface area contributed by atoms with Gasteiger partial charge in [-0.15, -0.1) is 0 Å². The maximum atomic E-state index is 12.1. The molecule has 4 nitrogen and oxygen atoms in total. The van der Waals surface area contributed by atoms with E-state index in [0.29, 0.717) is 19.1 Å². The highest BCUT2D eigenvalue weighted by molar-refractivity contribution is 5.83. The molecule has 0 radical (unpaired) electrons. The van der Waals surface area contributed by atoms with Gasteiger partial charge in [0.2, 0.25) is 5.91 Å². The minimum Gasteiger partial charge on any atom is -0.354 e. The second-order valence-electron chi connectivity index (χ2n) is 4.76. The van der Waals surface area contributed by atoms with Crippen LogP contribution in [0.1, 0.15) is 18.4 Å². The monoisotopic (exact) mass is 249 g/mol. The van der Waals surface area contributed by atoms with Crippen LogP contribution in [0.2, 0.25) is 0 Å². The Kier molecular flexibility index (Phi) is 5.82. The van der Waals surface area contributed by atoms with Crippen molar-refractivity contribution in [1.29, 1.82) is 0 Å². The van der Waals surface area contributed by atoms with Crippen LogP contribution in [0.5, 0.6) is 0 Å². The Balaban J connectivity index is 2.59. The van der Waals surface area contributed by atoms with Gasteiger partial charge in [-0.25, -0.2) is 0 Å². The maximum absolute atomic E-state index is 12.1. The number of carbonyl (C=O) groups excluding carboxylic acids is 1. The first-order chi connectivity index (χ1) is 8.56. The Morgan fingerprint density at radius 1 is 1.33 bits per heavy atom. The first-order valence-electron chi connectivity index (χ1n) is 6.25. The van der Waals surface area contributed by atoms with Crippen LogP contribution >= 0.6 is 0 Å². The average molecular weight is 249 g/mol. The topological polar surface area (TPSA) is 58.4 Å². The zero-order valence-corrected chi connectivity index (χ0v) is 11.4. The summed E-state index contributed by atoms with van der Waals surface area (Å²) in [5.74, 6) is -0.266. The minimum absolute atomic E-state index is 0.00241. The molecule has 2 atom stereocenters. The summed E-state index contributed by atoms with van der Waals surface area (Å²) in [6, 6.07) is 9.96. The Labute approximate surface area is 109 Å². The van der Waals surface area contributed by atoms with Gasteiger partial charge in [0, 0.05) is 19.1 Å². The second kappa shape index (κ2) is 7.13. The van der Waals surface area contributed by atoms with E-state index in [1.165, 1.54) is 0 Å². The van der Waals surface area contributed by atoms with E-state index in [1.807, 2.05) is 44.4 Å². The number of likely N-dealkylation sites (N-methyl/N-ethyl adjacent to an activating group) is 1. The predicted octanol–water partition coefficient (Wildman–Crippen LogP) is 0.795. The van der Waals surface area contributed by atoms with Crippen molar-refractivity contribution in [2.24, 2.45) is 5.73 Å². The summed E-state index contributed by atoms with van der Waals surface area (Å²) in [5, 5.41) is 2.95. The molecular weight excluding hydrogens is 226 g/mol. The molecule has 1 amide bonds. The molecule has 0 bridgehead atoms. The number of amides is 1. The lowest BCUT2D eigenvalue weighted by atomic mass is 9.98. The van der Waals surface area contributed by atoms with Gasteiger partial charge in [0.05, 0.1) is 5.92 Å². The molecule has 0 aromatic heterocycles. The van der Waals surface area contributed by atoms with Crippen molar-refractivity contribution in [3.63, 3.8) is 0 Å². The minimum atomic E-state index is -0.263. The summed E-state index contributed by atoms with van der Waals surface area (Å²) in [6.07, 6.45) is 0. The fourth-order valence-corrected chi connectivity index (χ4v) is 1.63.